The molecule has 4 nitrogen and oxygen atoms in total. The van der Waals surface area contributed by atoms with E-state index in [-0.39, 0.29) is 11.5 Å². The summed E-state index contributed by atoms with van der Waals surface area (Å²) in [6.45, 7) is 5.00. The standard InChI is InChI=1S/C16H21NO3/c1-11-7-8-12(2)14(16(19)20)13(11)15(18)17-9-5-3-4-6-10-17/h7-8H,3-6,9-10H2,1-2H3,(H,19,20). The van der Waals surface area contributed by atoms with E-state index in [1.165, 1.54) is 0 Å². The van der Waals surface area contributed by atoms with Gasteiger partial charge in [0.2, 0.25) is 0 Å². The third-order valence-corrected chi connectivity index (χ3v) is 3.94. The topological polar surface area (TPSA) is 57.6 Å². The highest BCUT2D eigenvalue weighted by atomic mass is 16.4. The van der Waals surface area contributed by atoms with Gasteiger partial charge in [-0.2, -0.15) is 0 Å². The number of aromatic carboxylic acids is 1. The Balaban J connectivity index is 2.42. The van der Waals surface area contributed by atoms with Crippen LogP contribution in [-0.2, 0) is 0 Å². The van der Waals surface area contributed by atoms with E-state index in [0.717, 1.165) is 44.3 Å². The number of hydrogen-bond acceptors (Lipinski definition) is 2. The fourth-order valence-electron chi connectivity index (χ4n) is 2.79. The Hall–Kier alpha value is -1.84. The molecule has 0 aromatic heterocycles. The second kappa shape index (κ2) is 6.07. The molecule has 0 spiro atoms. The van der Waals surface area contributed by atoms with Crippen LogP contribution in [0.1, 0.15) is 57.5 Å². The number of carbonyl (C=O) groups excluding carboxylic acids is 1. The van der Waals surface area contributed by atoms with Crippen molar-refractivity contribution in [2.45, 2.75) is 39.5 Å². The van der Waals surface area contributed by atoms with Crippen molar-refractivity contribution in [1.29, 1.82) is 0 Å². The predicted molar refractivity (Wildman–Crippen MR) is 77.2 cm³/mol. The van der Waals surface area contributed by atoms with Crippen molar-refractivity contribution in [3.8, 4) is 0 Å². The van der Waals surface area contributed by atoms with Crippen LogP contribution in [0.2, 0.25) is 0 Å². The number of rotatable bonds is 2. The summed E-state index contributed by atoms with van der Waals surface area (Å²) in [5.41, 5.74) is 1.89. The number of aryl methyl sites for hydroxylation is 2. The Morgan fingerprint density at radius 1 is 0.950 bits per heavy atom. The highest BCUT2D eigenvalue weighted by Gasteiger charge is 2.25. The first-order chi connectivity index (χ1) is 9.52. The lowest BCUT2D eigenvalue weighted by atomic mass is 9.96. The Kier molecular flexibility index (Phi) is 4.42. The average Bonchev–Trinajstić information content (AvgIpc) is 2.68. The van der Waals surface area contributed by atoms with Crippen LogP contribution in [-0.4, -0.2) is 35.0 Å². The molecule has 1 fully saturated rings. The zero-order chi connectivity index (χ0) is 14.7. The van der Waals surface area contributed by atoms with Crippen molar-refractivity contribution in [3.05, 3.63) is 34.4 Å². The lowest BCUT2D eigenvalue weighted by Crippen LogP contribution is -2.33. The van der Waals surface area contributed by atoms with Crippen molar-refractivity contribution >= 4 is 11.9 Å². The third-order valence-electron chi connectivity index (χ3n) is 3.94. The second-order valence-electron chi connectivity index (χ2n) is 5.46. The molecule has 1 aromatic carbocycles. The summed E-state index contributed by atoms with van der Waals surface area (Å²) in [5.74, 6) is -1.16. The summed E-state index contributed by atoms with van der Waals surface area (Å²) < 4.78 is 0. The van der Waals surface area contributed by atoms with E-state index in [4.69, 9.17) is 0 Å². The van der Waals surface area contributed by atoms with E-state index < -0.39 is 5.97 Å². The number of carboxylic acid groups (broad SMARTS) is 1. The number of hydrogen-bond donors (Lipinski definition) is 1. The zero-order valence-corrected chi connectivity index (χ0v) is 12.1. The number of amides is 1. The van der Waals surface area contributed by atoms with Crippen LogP contribution in [0.25, 0.3) is 0 Å². The van der Waals surface area contributed by atoms with Gasteiger partial charge in [-0.3, -0.25) is 4.79 Å². The molecular formula is C16H21NO3. The van der Waals surface area contributed by atoms with Crippen LogP contribution < -0.4 is 0 Å². The molecule has 0 radical (unpaired) electrons. The third kappa shape index (κ3) is 2.84. The van der Waals surface area contributed by atoms with Gasteiger partial charge in [0.05, 0.1) is 11.1 Å². The molecule has 0 bridgehead atoms. The van der Waals surface area contributed by atoms with Crippen LogP contribution in [0.5, 0.6) is 0 Å². The molecule has 1 aliphatic rings. The number of benzene rings is 1. The Morgan fingerprint density at radius 3 is 1.95 bits per heavy atom. The summed E-state index contributed by atoms with van der Waals surface area (Å²) in [6, 6.07) is 3.59. The molecule has 0 atom stereocenters. The summed E-state index contributed by atoms with van der Waals surface area (Å²) in [4.78, 5) is 26.0. The van der Waals surface area contributed by atoms with Gasteiger partial charge < -0.3 is 10.0 Å². The molecule has 1 aromatic rings. The highest BCUT2D eigenvalue weighted by molar-refractivity contribution is 6.06. The minimum absolute atomic E-state index is 0.134. The van der Waals surface area contributed by atoms with Gasteiger partial charge in [0.1, 0.15) is 0 Å². The summed E-state index contributed by atoms with van der Waals surface area (Å²) in [7, 11) is 0. The lowest BCUT2D eigenvalue weighted by Gasteiger charge is -2.23. The fraction of sp³-hybridized carbons (Fsp3) is 0.500. The van der Waals surface area contributed by atoms with Gasteiger partial charge in [-0.1, -0.05) is 25.0 Å². The molecule has 0 saturated carbocycles. The minimum Gasteiger partial charge on any atom is -0.478 e. The van der Waals surface area contributed by atoms with Crippen LogP contribution >= 0.6 is 0 Å². The maximum Gasteiger partial charge on any atom is 0.336 e. The SMILES string of the molecule is Cc1ccc(C)c(C(=O)N2CCCCCC2)c1C(=O)O. The van der Waals surface area contributed by atoms with Crippen LogP contribution in [0.15, 0.2) is 12.1 Å². The summed E-state index contributed by atoms with van der Waals surface area (Å²) >= 11 is 0. The summed E-state index contributed by atoms with van der Waals surface area (Å²) in [5, 5.41) is 9.40. The second-order valence-corrected chi connectivity index (χ2v) is 5.46. The largest absolute Gasteiger partial charge is 0.478 e. The van der Waals surface area contributed by atoms with Crippen molar-refractivity contribution in [3.63, 3.8) is 0 Å². The van der Waals surface area contributed by atoms with Crippen molar-refractivity contribution in [1.82, 2.24) is 4.90 Å². The Morgan fingerprint density at radius 2 is 1.45 bits per heavy atom. The van der Waals surface area contributed by atoms with Gasteiger partial charge >= 0.3 is 5.97 Å². The highest BCUT2D eigenvalue weighted by Crippen LogP contribution is 2.22. The van der Waals surface area contributed by atoms with Crippen LogP contribution in [0.3, 0.4) is 0 Å². The molecule has 0 unspecified atom stereocenters. The van der Waals surface area contributed by atoms with E-state index in [9.17, 15) is 14.7 Å². The van der Waals surface area contributed by atoms with E-state index in [2.05, 4.69) is 0 Å². The quantitative estimate of drug-likeness (QED) is 0.902. The monoisotopic (exact) mass is 275 g/mol. The minimum atomic E-state index is -1.02. The van der Waals surface area contributed by atoms with Crippen LogP contribution in [0, 0.1) is 13.8 Å². The van der Waals surface area contributed by atoms with E-state index in [1.807, 2.05) is 6.07 Å². The predicted octanol–water partition coefficient (Wildman–Crippen LogP) is 3.02. The van der Waals surface area contributed by atoms with Crippen molar-refractivity contribution < 1.29 is 14.7 Å². The van der Waals surface area contributed by atoms with E-state index in [0.29, 0.717) is 11.1 Å². The molecule has 20 heavy (non-hydrogen) atoms. The van der Waals surface area contributed by atoms with Gasteiger partial charge in [0.25, 0.3) is 5.91 Å². The number of carbonyl (C=O) groups is 2. The van der Waals surface area contributed by atoms with Gasteiger partial charge in [-0.05, 0) is 37.8 Å². The number of carboxylic acids is 1. The molecule has 1 amide bonds. The maximum absolute atomic E-state index is 12.7. The molecule has 1 heterocycles. The molecule has 1 N–H and O–H groups in total. The van der Waals surface area contributed by atoms with Crippen molar-refractivity contribution in [2.24, 2.45) is 0 Å². The smallest absolute Gasteiger partial charge is 0.336 e. The lowest BCUT2D eigenvalue weighted by molar-refractivity contribution is 0.0675. The molecule has 108 valence electrons. The van der Waals surface area contributed by atoms with E-state index >= 15 is 0 Å². The van der Waals surface area contributed by atoms with Gasteiger partial charge in [-0.25, -0.2) is 4.79 Å². The summed E-state index contributed by atoms with van der Waals surface area (Å²) in [6.07, 6.45) is 4.28. The average molecular weight is 275 g/mol. The number of nitrogens with zero attached hydrogens (tertiary/aromatic N) is 1. The normalized spacial score (nSPS) is 15.8. The first-order valence-electron chi connectivity index (χ1n) is 7.15. The Bertz CT molecular complexity index is 529. The molecule has 1 aliphatic heterocycles. The van der Waals surface area contributed by atoms with Gasteiger partial charge in [-0.15, -0.1) is 0 Å². The maximum atomic E-state index is 12.7. The van der Waals surface area contributed by atoms with E-state index in [1.54, 1.807) is 24.8 Å². The molecule has 2 rings (SSSR count). The molecule has 0 aliphatic carbocycles. The molecule has 4 heteroatoms. The zero-order valence-electron chi connectivity index (χ0n) is 12.1. The number of likely N-dealkylation sites (tertiary alicyclic amines) is 1. The first kappa shape index (κ1) is 14.6. The molecular weight excluding hydrogens is 254 g/mol. The van der Waals surface area contributed by atoms with Gasteiger partial charge in [0.15, 0.2) is 0 Å². The van der Waals surface area contributed by atoms with Gasteiger partial charge in [0, 0.05) is 13.1 Å². The first-order valence-corrected chi connectivity index (χ1v) is 7.15. The Labute approximate surface area is 119 Å². The van der Waals surface area contributed by atoms with Crippen LogP contribution in [0.4, 0.5) is 0 Å². The fourth-order valence-corrected chi connectivity index (χ4v) is 2.79. The molecule has 1 saturated heterocycles. The van der Waals surface area contributed by atoms with Crippen molar-refractivity contribution in [2.75, 3.05) is 13.1 Å².